The number of halogens is 2. The van der Waals surface area contributed by atoms with E-state index in [0.29, 0.717) is 26.7 Å². The summed E-state index contributed by atoms with van der Waals surface area (Å²) in [5, 5.41) is 11.5. The van der Waals surface area contributed by atoms with Crippen LogP contribution in [0.2, 0.25) is 10.0 Å². The zero-order chi connectivity index (χ0) is 17.8. The first-order chi connectivity index (χ1) is 12.0. The van der Waals surface area contributed by atoms with Gasteiger partial charge < -0.3 is 5.32 Å². The normalized spacial score (nSPS) is 10.7. The highest BCUT2D eigenvalue weighted by molar-refractivity contribution is 7.99. The van der Waals surface area contributed by atoms with Crippen molar-refractivity contribution < 1.29 is 4.79 Å². The molecular weight excluding hydrogens is 379 g/mol. The number of thioether (sulfide) groups is 1. The van der Waals surface area contributed by atoms with E-state index < -0.39 is 0 Å². The summed E-state index contributed by atoms with van der Waals surface area (Å²) >= 11 is 13.2. The topological polar surface area (TPSA) is 70.7 Å². The van der Waals surface area contributed by atoms with Gasteiger partial charge in [-0.3, -0.25) is 9.89 Å². The summed E-state index contributed by atoms with van der Waals surface area (Å²) < 4.78 is 0. The molecule has 2 N–H and O–H groups in total. The molecule has 0 spiro atoms. The first kappa shape index (κ1) is 17.8. The summed E-state index contributed by atoms with van der Waals surface area (Å²) in [6, 6.07) is 12.7. The van der Waals surface area contributed by atoms with Gasteiger partial charge in [-0.2, -0.15) is 0 Å². The van der Waals surface area contributed by atoms with Gasteiger partial charge in [0.25, 0.3) is 0 Å². The maximum atomic E-state index is 12.0. The van der Waals surface area contributed by atoms with E-state index in [9.17, 15) is 4.79 Å². The molecule has 0 unspecified atom stereocenters. The highest BCUT2D eigenvalue weighted by atomic mass is 35.5. The Morgan fingerprint density at radius 1 is 1.20 bits per heavy atom. The number of aromatic amines is 1. The van der Waals surface area contributed by atoms with Crippen molar-refractivity contribution in [1.82, 2.24) is 15.2 Å². The molecule has 3 rings (SSSR count). The molecule has 0 aliphatic carbocycles. The Balaban J connectivity index is 1.57. The maximum Gasteiger partial charge on any atom is 0.234 e. The van der Waals surface area contributed by atoms with Crippen LogP contribution in [-0.2, 0) is 4.79 Å². The fourth-order valence-electron chi connectivity index (χ4n) is 2.05. The molecule has 25 heavy (non-hydrogen) atoms. The van der Waals surface area contributed by atoms with E-state index in [1.807, 2.05) is 31.2 Å². The molecule has 0 aliphatic heterocycles. The average molecular weight is 393 g/mol. The molecule has 8 heteroatoms. The highest BCUT2D eigenvalue weighted by Gasteiger charge is 2.10. The summed E-state index contributed by atoms with van der Waals surface area (Å²) in [5.74, 6) is 0.677. The predicted octanol–water partition coefficient (Wildman–Crippen LogP) is 4.82. The van der Waals surface area contributed by atoms with E-state index >= 15 is 0 Å². The molecule has 0 bridgehead atoms. The van der Waals surface area contributed by atoms with Gasteiger partial charge in [0.1, 0.15) is 0 Å². The number of aryl methyl sites for hydroxylation is 1. The Morgan fingerprint density at radius 2 is 1.96 bits per heavy atom. The van der Waals surface area contributed by atoms with Crippen molar-refractivity contribution in [3.63, 3.8) is 0 Å². The number of H-pyrrole nitrogens is 1. The lowest BCUT2D eigenvalue weighted by molar-refractivity contribution is -0.113. The monoisotopic (exact) mass is 392 g/mol. The van der Waals surface area contributed by atoms with Gasteiger partial charge in [0.2, 0.25) is 11.1 Å². The van der Waals surface area contributed by atoms with Crippen LogP contribution >= 0.6 is 35.0 Å². The molecule has 1 amide bonds. The zero-order valence-corrected chi connectivity index (χ0v) is 15.5. The van der Waals surface area contributed by atoms with Crippen LogP contribution in [0.5, 0.6) is 0 Å². The van der Waals surface area contributed by atoms with Gasteiger partial charge in [-0.15, -0.1) is 5.10 Å². The van der Waals surface area contributed by atoms with Crippen molar-refractivity contribution in [1.29, 1.82) is 0 Å². The van der Waals surface area contributed by atoms with E-state index in [0.717, 1.165) is 11.1 Å². The Labute approximate surface area is 159 Å². The fourth-order valence-corrected chi connectivity index (χ4v) is 2.95. The minimum absolute atomic E-state index is 0.150. The second-order valence-corrected chi connectivity index (χ2v) is 7.06. The van der Waals surface area contributed by atoms with Crippen LogP contribution in [0, 0.1) is 6.92 Å². The van der Waals surface area contributed by atoms with E-state index in [-0.39, 0.29) is 11.7 Å². The number of anilines is 1. The summed E-state index contributed by atoms with van der Waals surface area (Å²) in [7, 11) is 0. The van der Waals surface area contributed by atoms with Gasteiger partial charge in [0.05, 0.1) is 5.75 Å². The van der Waals surface area contributed by atoms with Crippen LogP contribution < -0.4 is 5.32 Å². The Bertz CT molecular complexity index is 896. The molecule has 128 valence electrons. The zero-order valence-electron chi connectivity index (χ0n) is 13.2. The minimum atomic E-state index is -0.150. The number of carbonyl (C=O) groups excluding carboxylic acids is 1. The number of hydrogen-bond donors (Lipinski definition) is 2. The van der Waals surface area contributed by atoms with Crippen LogP contribution in [0.15, 0.2) is 47.6 Å². The maximum absolute atomic E-state index is 12.0. The lowest BCUT2D eigenvalue weighted by atomic mass is 10.2. The number of nitrogens with one attached hydrogen (secondary N) is 2. The summed E-state index contributed by atoms with van der Waals surface area (Å²) in [6.45, 7) is 1.91. The molecule has 5 nitrogen and oxygen atoms in total. The standard InChI is InChI=1S/C17H14Cl2N4OS/c1-10-2-7-13(8-14(10)19)20-15(24)9-25-17-21-16(22-23-17)11-3-5-12(18)6-4-11/h2-8H,9H2,1H3,(H,20,24)(H,21,22,23). The molecule has 0 aliphatic rings. The van der Waals surface area contributed by atoms with Gasteiger partial charge in [-0.05, 0) is 48.9 Å². The molecule has 3 aromatic rings. The molecule has 2 aromatic carbocycles. The number of carbonyl (C=O) groups is 1. The molecule has 0 saturated heterocycles. The number of rotatable bonds is 5. The quantitative estimate of drug-likeness (QED) is 0.610. The molecular formula is C17H14Cl2N4OS. The third kappa shape index (κ3) is 4.75. The fraction of sp³-hybridized carbons (Fsp3) is 0.118. The SMILES string of the molecule is Cc1ccc(NC(=O)CSc2n[nH]c(-c3ccc(Cl)cc3)n2)cc1Cl. The highest BCUT2D eigenvalue weighted by Crippen LogP contribution is 2.22. The number of aromatic nitrogens is 3. The van der Waals surface area contributed by atoms with Gasteiger partial charge in [-0.25, -0.2) is 4.98 Å². The van der Waals surface area contributed by atoms with Gasteiger partial charge in [0.15, 0.2) is 5.82 Å². The van der Waals surface area contributed by atoms with Crippen molar-refractivity contribution in [2.45, 2.75) is 12.1 Å². The first-order valence-corrected chi connectivity index (χ1v) is 9.12. The number of hydrogen-bond acceptors (Lipinski definition) is 4. The van der Waals surface area contributed by atoms with Gasteiger partial charge >= 0.3 is 0 Å². The van der Waals surface area contributed by atoms with E-state index in [1.165, 1.54) is 11.8 Å². The first-order valence-electron chi connectivity index (χ1n) is 7.38. The number of amides is 1. The van der Waals surface area contributed by atoms with Crippen molar-refractivity contribution in [3.05, 3.63) is 58.1 Å². The lowest BCUT2D eigenvalue weighted by Crippen LogP contribution is -2.14. The Kier molecular flexibility index (Phi) is 5.63. The summed E-state index contributed by atoms with van der Waals surface area (Å²) in [5.41, 5.74) is 2.50. The van der Waals surface area contributed by atoms with Crippen LogP contribution in [0.3, 0.4) is 0 Å². The van der Waals surface area contributed by atoms with Gasteiger partial charge in [0, 0.05) is 21.3 Å². The Morgan fingerprint density at radius 3 is 2.68 bits per heavy atom. The molecule has 1 aromatic heterocycles. The largest absolute Gasteiger partial charge is 0.325 e. The Hall–Kier alpha value is -2.02. The lowest BCUT2D eigenvalue weighted by Gasteiger charge is -2.05. The average Bonchev–Trinajstić information content (AvgIpc) is 3.06. The smallest absolute Gasteiger partial charge is 0.234 e. The van der Waals surface area contributed by atoms with Crippen LogP contribution in [0.1, 0.15) is 5.56 Å². The second kappa shape index (κ2) is 7.91. The van der Waals surface area contributed by atoms with E-state index in [2.05, 4.69) is 20.5 Å². The van der Waals surface area contributed by atoms with Crippen LogP contribution in [-0.4, -0.2) is 26.8 Å². The molecule has 0 radical (unpaired) electrons. The van der Waals surface area contributed by atoms with Crippen LogP contribution in [0.4, 0.5) is 5.69 Å². The predicted molar refractivity (Wildman–Crippen MR) is 102 cm³/mol. The molecule has 0 atom stereocenters. The summed E-state index contributed by atoms with van der Waals surface area (Å²) in [6.07, 6.45) is 0. The van der Waals surface area contributed by atoms with Crippen molar-refractivity contribution in [2.24, 2.45) is 0 Å². The minimum Gasteiger partial charge on any atom is -0.325 e. The van der Waals surface area contributed by atoms with Crippen molar-refractivity contribution in [3.8, 4) is 11.4 Å². The third-order valence-electron chi connectivity index (χ3n) is 3.37. The number of nitrogens with zero attached hydrogens (tertiary/aromatic N) is 2. The molecule has 0 fully saturated rings. The van der Waals surface area contributed by atoms with Crippen LogP contribution in [0.25, 0.3) is 11.4 Å². The van der Waals surface area contributed by atoms with E-state index in [4.69, 9.17) is 23.2 Å². The molecule has 0 saturated carbocycles. The molecule has 1 heterocycles. The number of benzene rings is 2. The van der Waals surface area contributed by atoms with Crippen molar-refractivity contribution in [2.75, 3.05) is 11.1 Å². The van der Waals surface area contributed by atoms with Crippen molar-refractivity contribution >= 4 is 46.6 Å². The second-order valence-electron chi connectivity index (χ2n) is 5.27. The summed E-state index contributed by atoms with van der Waals surface area (Å²) in [4.78, 5) is 16.4. The third-order valence-corrected chi connectivity index (χ3v) is 4.88. The van der Waals surface area contributed by atoms with E-state index in [1.54, 1.807) is 18.2 Å². The van der Waals surface area contributed by atoms with Gasteiger partial charge in [-0.1, -0.05) is 41.0 Å².